The van der Waals surface area contributed by atoms with Crippen molar-refractivity contribution in [1.29, 1.82) is 0 Å². The van der Waals surface area contributed by atoms with Gasteiger partial charge in [0, 0.05) is 19.6 Å². The minimum atomic E-state index is 0. The highest BCUT2D eigenvalue weighted by atomic mass is 127. The molecule has 1 aliphatic rings. The van der Waals surface area contributed by atoms with E-state index < -0.39 is 0 Å². The average Bonchev–Trinajstić information content (AvgIpc) is 2.36. The van der Waals surface area contributed by atoms with Gasteiger partial charge in [-0.05, 0) is 32.6 Å². The summed E-state index contributed by atoms with van der Waals surface area (Å²) in [5.41, 5.74) is 0. The smallest absolute Gasteiger partial charge is 0.191 e. The molecule has 0 amide bonds. The molecule has 0 aromatic rings. The Balaban J connectivity index is 0.00000289. The molecule has 0 atom stereocenters. The molecule has 0 aromatic carbocycles. The lowest BCUT2D eigenvalue weighted by Gasteiger charge is -2.20. The number of hydrogen-bond donors (Lipinski definition) is 2. The van der Waals surface area contributed by atoms with Gasteiger partial charge < -0.3 is 10.6 Å². The second kappa shape index (κ2) is 12.1. The molecule has 1 saturated carbocycles. The molecule has 3 nitrogen and oxygen atoms in total. The molecule has 0 saturated heterocycles. The lowest BCUT2D eigenvalue weighted by molar-refractivity contribution is 0.334. The molecule has 4 heteroatoms. The molecule has 0 radical (unpaired) electrons. The zero-order valence-electron chi connectivity index (χ0n) is 12.0. The summed E-state index contributed by atoms with van der Waals surface area (Å²) in [6, 6.07) is 0. The zero-order valence-corrected chi connectivity index (χ0v) is 14.3. The van der Waals surface area contributed by atoms with Crippen LogP contribution in [0.1, 0.15) is 58.8 Å². The molecule has 0 spiro atoms. The van der Waals surface area contributed by atoms with Crippen LogP contribution in [0, 0.1) is 5.92 Å². The molecule has 108 valence electrons. The molecule has 0 bridgehead atoms. The number of halogens is 1. The topological polar surface area (TPSA) is 36.4 Å². The van der Waals surface area contributed by atoms with Crippen molar-refractivity contribution in [3.8, 4) is 0 Å². The predicted molar refractivity (Wildman–Crippen MR) is 90.9 cm³/mol. The SMILES string of the molecule is CCNC(=NCCCC1CCCCC1)NCC.I. The Labute approximate surface area is 130 Å². The highest BCUT2D eigenvalue weighted by Crippen LogP contribution is 2.27. The first-order valence-electron chi connectivity index (χ1n) is 7.39. The van der Waals surface area contributed by atoms with Crippen molar-refractivity contribution in [3.05, 3.63) is 0 Å². The van der Waals surface area contributed by atoms with Gasteiger partial charge in [-0.25, -0.2) is 0 Å². The molecule has 18 heavy (non-hydrogen) atoms. The van der Waals surface area contributed by atoms with Gasteiger partial charge in [0.2, 0.25) is 0 Å². The van der Waals surface area contributed by atoms with Crippen LogP contribution >= 0.6 is 24.0 Å². The summed E-state index contributed by atoms with van der Waals surface area (Å²) in [5.74, 6) is 1.96. The largest absolute Gasteiger partial charge is 0.357 e. The lowest BCUT2D eigenvalue weighted by atomic mass is 9.86. The van der Waals surface area contributed by atoms with Crippen LogP contribution in [0.4, 0.5) is 0 Å². The van der Waals surface area contributed by atoms with Gasteiger partial charge in [-0.2, -0.15) is 0 Å². The maximum atomic E-state index is 4.58. The third-order valence-electron chi connectivity index (χ3n) is 3.45. The van der Waals surface area contributed by atoms with E-state index in [9.17, 15) is 0 Å². The van der Waals surface area contributed by atoms with Crippen LogP contribution < -0.4 is 10.6 Å². The Bertz CT molecular complexity index is 205. The summed E-state index contributed by atoms with van der Waals surface area (Å²) >= 11 is 0. The third-order valence-corrected chi connectivity index (χ3v) is 3.45. The molecule has 0 aliphatic heterocycles. The highest BCUT2D eigenvalue weighted by molar-refractivity contribution is 14.0. The van der Waals surface area contributed by atoms with E-state index in [2.05, 4.69) is 29.5 Å². The van der Waals surface area contributed by atoms with Crippen LogP contribution in [0.5, 0.6) is 0 Å². The average molecular weight is 367 g/mol. The van der Waals surface area contributed by atoms with Gasteiger partial charge in [-0.3, -0.25) is 4.99 Å². The molecule has 1 aliphatic carbocycles. The van der Waals surface area contributed by atoms with Crippen molar-refractivity contribution >= 4 is 29.9 Å². The van der Waals surface area contributed by atoms with E-state index in [1.54, 1.807) is 0 Å². The summed E-state index contributed by atoms with van der Waals surface area (Å²) in [6.07, 6.45) is 9.88. The van der Waals surface area contributed by atoms with Gasteiger partial charge in [-0.1, -0.05) is 32.1 Å². The molecule has 0 unspecified atom stereocenters. The van der Waals surface area contributed by atoms with Crippen molar-refractivity contribution in [2.45, 2.75) is 58.8 Å². The minimum Gasteiger partial charge on any atom is -0.357 e. The molecule has 1 fully saturated rings. The highest BCUT2D eigenvalue weighted by Gasteiger charge is 2.12. The number of nitrogens with one attached hydrogen (secondary N) is 2. The first-order chi connectivity index (χ1) is 8.36. The summed E-state index contributed by atoms with van der Waals surface area (Å²) in [4.78, 5) is 4.58. The first-order valence-corrected chi connectivity index (χ1v) is 7.39. The van der Waals surface area contributed by atoms with Crippen molar-refractivity contribution in [1.82, 2.24) is 10.6 Å². The minimum absolute atomic E-state index is 0. The Kier molecular flexibility index (Phi) is 12.1. The van der Waals surface area contributed by atoms with E-state index in [0.29, 0.717) is 0 Å². The third kappa shape index (κ3) is 8.16. The Hall–Kier alpha value is 0. The fourth-order valence-electron chi connectivity index (χ4n) is 2.56. The van der Waals surface area contributed by atoms with Crippen molar-refractivity contribution in [3.63, 3.8) is 0 Å². The van der Waals surface area contributed by atoms with E-state index >= 15 is 0 Å². The number of aliphatic imine (C=N–C) groups is 1. The number of nitrogens with zero attached hydrogens (tertiary/aromatic N) is 1. The van der Waals surface area contributed by atoms with E-state index in [-0.39, 0.29) is 24.0 Å². The quantitative estimate of drug-likeness (QED) is 0.326. The van der Waals surface area contributed by atoms with E-state index in [1.165, 1.54) is 44.9 Å². The van der Waals surface area contributed by atoms with Crippen LogP contribution in [0.3, 0.4) is 0 Å². The van der Waals surface area contributed by atoms with Gasteiger partial charge in [0.05, 0.1) is 0 Å². The number of guanidine groups is 1. The predicted octanol–water partition coefficient (Wildman–Crippen LogP) is 3.54. The zero-order chi connectivity index (χ0) is 12.3. The van der Waals surface area contributed by atoms with Gasteiger partial charge in [0.1, 0.15) is 0 Å². The fourth-order valence-corrected chi connectivity index (χ4v) is 2.56. The fraction of sp³-hybridized carbons (Fsp3) is 0.929. The van der Waals surface area contributed by atoms with Crippen molar-refractivity contribution < 1.29 is 0 Å². The lowest BCUT2D eigenvalue weighted by Crippen LogP contribution is -2.37. The van der Waals surface area contributed by atoms with Crippen LogP contribution in [-0.4, -0.2) is 25.6 Å². The van der Waals surface area contributed by atoms with Crippen molar-refractivity contribution in [2.75, 3.05) is 19.6 Å². The molecule has 0 heterocycles. The molecule has 1 rings (SSSR count). The van der Waals surface area contributed by atoms with Gasteiger partial charge in [0.25, 0.3) is 0 Å². The summed E-state index contributed by atoms with van der Waals surface area (Å²) in [6.45, 7) is 7.05. The molecule has 2 N–H and O–H groups in total. The first kappa shape index (κ1) is 18.0. The summed E-state index contributed by atoms with van der Waals surface area (Å²) in [7, 11) is 0. The standard InChI is InChI=1S/C14H29N3.HI/c1-3-15-14(16-4-2)17-12-8-11-13-9-6-5-7-10-13;/h13H,3-12H2,1-2H3,(H2,15,16,17);1H. The Morgan fingerprint density at radius 2 is 1.67 bits per heavy atom. The Morgan fingerprint density at radius 1 is 1.06 bits per heavy atom. The van der Waals surface area contributed by atoms with Crippen LogP contribution in [0.25, 0.3) is 0 Å². The second-order valence-electron chi connectivity index (χ2n) is 4.94. The monoisotopic (exact) mass is 367 g/mol. The molecular weight excluding hydrogens is 337 g/mol. The normalized spacial score (nSPS) is 15.7. The van der Waals surface area contributed by atoms with Crippen LogP contribution in [0.15, 0.2) is 4.99 Å². The molecular formula is C14H30IN3. The van der Waals surface area contributed by atoms with Gasteiger partial charge in [0.15, 0.2) is 5.96 Å². The second-order valence-corrected chi connectivity index (χ2v) is 4.94. The van der Waals surface area contributed by atoms with E-state index in [4.69, 9.17) is 0 Å². The van der Waals surface area contributed by atoms with Crippen molar-refractivity contribution in [2.24, 2.45) is 10.9 Å². The maximum absolute atomic E-state index is 4.58. The summed E-state index contributed by atoms with van der Waals surface area (Å²) < 4.78 is 0. The maximum Gasteiger partial charge on any atom is 0.191 e. The Morgan fingerprint density at radius 3 is 2.22 bits per heavy atom. The summed E-state index contributed by atoms with van der Waals surface area (Å²) in [5, 5.41) is 6.52. The number of hydrogen-bond acceptors (Lipinski definition) is 1. The van der Waals surface area contributed by atoms with Gasteiger partial charge in [-0.15, -0.1) is 24.0 Å². The van der Waals surface area contributed by atoms with Crippen LogP contribution in [-0.2, 0) is 0 Å². The molecule has 0 aromatic heterocycles. The number of rotatable bonds is 6. The van der Waals surface area contributed by atoms with Crippen LogP contribution in [0.2, 0.25) is 0 Å². The van der Waals surface area contributed by atoms with E-state index in [0.717, 1.165) is 31.5 Å². The van der Waals surface area contributed by atoms with E-state index in [1.807, 2.05) is 0 Å². The van der Waals surface area contributed by atoms with Gasteiger partial charge >= 0.3 is 0 Å².